The third kappa shape index (κ3) is 7.16. The van der Waals surface area contributed by atoms with Crippen LogP contribution in [0.25, 0.3) is 22.5 Å². The summed E-state index contributed by atoms with van der Waals surface area (Å²) in [5.74, 6) is 0.939. The van der Waals surface area contributed by atoms with E-state index >= 15 is 0 Å². The monoisotopic (exact) mass is 420 g/mol. The lowest BCUT2D eigenvalue weighted by Gasteiger charge is -2.17. The Labute approximate surface area is 172 Å². The zero-order valence-corrected chi connectivity index (χ0v) is 17.5. The van der Waals surface area contributed by atoms with Crippen molar-refractivity contribution in [3.05, 3.63) is 60.7 Å². The van der Waals surface area contributed by atoms with Crippen LogP contribution in [0.5, 0.6) is 5.75 Å². The number of aromatic nitrogens is 2. The molecule has 3 rings (SSSR count). The molecular formula is C21H25ClN2O5. The number of ether oxygens (including phenoxy) is 1. The predicted octanol–water partition coefficient (Wildman–Crippen LogP) is -0.393. The van der Waals surface area contributed by atoms with E-state index in [0.29, 0.717) is 0 Å². The number of benzene rings is 2. The van der Waals surface area contributed by atoms with E-state index in [1.165, 1.54) is 22.5 Å². The summed E-state index contributed by atoms with van der Waals surface area (Å²) >= 11 is 0. The molecule has 0 unspecified atom stereocenters. The second-order valence-electron chi connectivity index (χ2n) is 6.43. The van der Waals surface area contributed by atoms with E-state index in [0.717, 1.165) is 25.2 Å². The Hall–Kier alpha value is -2.42. The second kappa shape index (κ2) is 10.4. The first-order valence-electron chi connectivity index (χ1n) is 9.17. The van der Waals surface area contributed by atoms with Crippen molar-refractivity contribution >= 4 is 0 Å². The Balaban J connectivity index is 0.000000537. The van der Waals surface area contributed by atoms with Crippen molar-refractivity contribution in [1.82, 2.24) is 4.68 Å². The molecule has 0 saturated heterocycles. The number of hydrogen-bond donors (Lipinski definition) is 0. The van der Waals surface area contributed by atoms with Crippen molar-refractivity contribution in [3.8, 4) is 28.3 Å². The molecule has 8 heteroatoms. The minimum Gasteiger partial charge on any atom is -0.494 e. The van der Waals surface area contributed by atoms with Gasteiger partial charge < -0.3 is 4.74 Å². The van der Waals surface area contributed by atoms with Gasteiger partial charge in [0.2, 0.25) is 5.69 Å². The second-order valence-corrected chi connectivity index (χ2v) is 7.19. The largest absolute Gasteiger partial charge is 0.494 e. The third-order valence-corrected chi connectivity index (χ3v) is 4.41. The van der Waals surface area contributed by atoms with Crippen LogP contribution in [-0.2, 0) is 14.1 Å². The van der Waals surface area contributed by atoms with Crippen molar-refractivity contribution in [1.29, 1.82) is 0 Å². The summed E-state index contributed by atoms with van der Waals surface area (Å²) in [6.45, 7) is 2.96. The highest BCUT2D eigenvalue weighted by atomic mass is 35.7. The molecule has 0 fully saturated rings. The Morgan fingerprint density at radius 3 is 2.07 bits per heavy atom. The van der Waals surface area contributed by atoms with Gasteiger partial charge >= 0.3 is 0 Å². The van der Waals surface area contributed by atoms with Gasteiger partial charge in [-0.15, -0.1) is 14.9 Å². The normalized spacial score (nSPS) is 11.0. The summed E-state index contributed by atoms with van der Waals surface area (Å²) in [7, 11) is -0.762. The molecule has 3 aromatic rings. The van der Waals surface area contributed by atoms with Gasteiger partial charge in [0, 0.05) is 17.2 Å². The average molecular weight is 421 g/mol. The Morgan fingerprint density at radius 2 is 1.52 bits per heavy atom. The van der Waals surface area contributed by atoms with Gasteiger partial charge in [-0.05, 0) is 42.8 Å². The van der Waals surface area contributed by atoms with Crippen molar-refractivity contribution in [2.45, 2.75) is 19.8 Å². The highest BCUT2D eigenvalue weighted by molar-refractivity contribution is 5.67. The van der Waals surface area contributed by atoms with Crippen molar-refractivity contribution in [2.24, 2.45) is 14.1 Å². The Morgan fingerprint density at radius 1 is 0.931 bits per heavy atom. The van der Waals surface area contributed by atoms with E-state index in [9.17, 15) is 0 Å². The lowest BCUT2D eigenvalue weighted by Crippen LogP contribution is -2.68. The van der Waals surface area contributed by atoms with E-state index in [-0.39, 0.29) is 0 Å². The molecule has 156 valence electrons. The number of unbranched alkanes of at least 4 members (excludes halogenated alkanes) is 1. The van der Waals surface area contributed by atoms with Crippen LogP contribution in [0, 0.1) is 10.2 Å². The fourth-order valence-electron chi connectivity index (χ4n) is 2.85. The summed E-state index contributed by atoms with van der Waals surface area (Å²) in [4.78, 5) is 0. The summed E-state index contributed by atoms with van der Waals surface area (Å²) in [6, 6.07) is 21.1. The lowest BCUT2D eigenvalue weighted by atomic mass is 10.1. The van der Waals surface area contributed by atoms with Gasteiger partial charge in [-0.3, -0.25) is 0 Å². The van der Waals surface area contributed by atoms with E-state index in [1.54, 1.807) is 0 Å². The molecule has 0 saturated carbocycles. The molecule has 0 aliphatic rings. The molecule has 2 aromatic carbocycles. The Bertz CT molecular complexity index is 884. The van der Waals surface area contributed by atoms with Gasteiger partial charge in [-0.1, -0.05) is 31.5 Å². The summed E-state index contributed by atoms with van der Waals surface area (Å²) in [5.41, 5.74) is 4.81. The molecule has 0 radical (unpaired) electrons. The molecule has 0 atom stereocenters. The summed E-state index contributed by atoms with van der Waals surface area (Å²) < 4.78 is 44.1. The van der Waals surface area contributed by atoms with Crippen molar-refractivity contribution in [2.75, 3.05) is 6.61 Å². The maximum atomic E-state index is 8.49. The third-order valence-electron chi connectivity index (χ3n) is 4.41. The quantitative estimate of drug-likeness (QED) is 0.398. The molecule has 1 heterocycles. The summed E-state index contributed by atoms with van der Waals surface area (Å²) in [5, 5.41) is 0. The highest BCUT2D eigenvalue weighted by Gasteiger charge is 2.19. The van der Waals surface area contributed by atoms with E-state index in [2.05, 4.69) is 85.0 Å². The average Bonchev–Trinajstić information content (AvgIpc) is 2.97. The molecule has 0 N–H and O–H groups in total. The number of rotatable bonds is 6. The molecule has 0 bridgehead atoms. The van der Waals surface area contributed by atoms with E-state index < -0.39 is 10.2 Å². The molecule has 7 nitrogen and oxygen atoms in total. The number of halogens is 1. The van der Waals surface area contributed by atoms with Gasteiger partial charge in [-0.25, -0.2) is 18.6 Å². The molecule has 0 amide bonds. The number of hydrogen-bond acceptors (Lipinski definition) is 5. The minimum atomic E-state index is -4.94. The molecule has 29 heavy (non-hydrogen) atoms. The van der Waals surface area contributed by atoms with Crippen LogP contribution in [0.3, 0.4) is 0 Å². The van der Waals surface area contributed by atoms with Gasteiger partial charge in [0.15, 0.2) is 7.05 Å². The maximum Gasteiger partial charge on any atom is 0.238 e. The van der Waals surface area contributed by atoms with Crippen LogP contribution in [0.15, 0.2) is 60.7 Å². The SMILES string of the molecule is CCCCOc1ccc(-c2cc(-c3ccccc3)[n+](C)n2C)cc1.[O-][Cl+3]([O-])([O-])[O-]. The highest BCUT2D eigenvalue weighted by Crippen LogP contribution is 2.26. The van der Waals surface area contributed by atoms with Crippen molar-refractivity contribution in [3.63, 3.8) is 0 Å². The first kappa shape index (κ1) is 22.9. The summed E-state index contributed by atoms with van der Waals surface area (Å²) in [6.07, 6.45) is 2.25. The number of nitrogens with zero attached hydrogens (tertiary/aromatic N) is 2. The van der Waals surface area contributed by atoms with Crippen LogP contribution in [-0.4, -0.2) is 11.3 Å². The standard InChI is InChI=1S/C21H25N2O.ClHO4/c1-4-5-15-24-19-13-11-18(12-14-19)21-16-20(22(2)23(21)3)17-9-7-6-8-10-17;2-1(3,4)5/h6-14,16H,4-5,15H2,1-3H3;(H,2,3,4,5)/q+1;/p-1. The molecule has 1 aromatic heterocycles. The van der Waals surface area contributed by atoms with E-state index in [1.807, 2.05) is 6.07 Å². The predicted molar refractivity (Wildman–Crippen MR) is 97.9 cm³/mol. The minimum absolute atomic E-state index is 0.785. The van der Waals surface area contributed by atoms with Gasteiger partial charge in [0.25, 0.3) is 0 Å². The van der Waals surface area contributed by atoms with Crippen LogP contribution in [0.2, 0.25) is 0 Å². The topological polar surface area (TPSA) is 110 Å². The van der Waals surface area contributed by atoms with Gasteiger partial charge in [0.05, 0.1) is 13.7 Å². The zero-order valence-electron chi connectivity index (χ0n) is 16.7. The zero-order chi connectivity index (χ0) is 21.4. The fraction of sp³-hybridized carbons (Fsp3) is 0.286. The molecule has 0 spiro atoms. The lowest BCUT2D eigenvalue weighted by molar-refractivity contribution is -2.00. The van der Waals surface area contributed by atoms with Gasteiger partial charge in [-0.2, -0.15) is 4.68 Å². The molecule has 0 aliphatic heterocycles. The van der Waals surface area contributed by atoms with Crippen LogP contribution in [0.4, 0.5) is 0 Å². The first-order chi connectivity index (χ1) is 13.7. The Kier molecular flexibility index (Phi) is 8.19. The smallest absolute Gasteiger partial charge is 0.238 e. The van der Waals surface area contributed by atoms with Gasteiger partial charge in [0.1, 0.15) is 11.4 Å². The van der Waals surface area contributed by atoms with E-state index in [4.69, 9.17) is 23.4 Å². The fourth-order valence-corrected chi connectivity index (χ4v) is 2.85. The maximum absolute atomic E-state index is 8.49. The van der Waals surface area contributed by atoms with Crippen LogP contribution < -0.4 is 28.1 Å². The van der Waals surface area contributed by atoms with Crippen LogP contribution >= 0.6 is 0 Å². The molecular weight excluding hydrogens is 396 g/mol. The van der Waals surface area contributed by atoms with Crippen molar-refractivity contribution < 1.29 is 38.3 Å². The molecule has 0 aliphatic carbocycles. The van der Waals surface area contributed by atoms with Crippen LogP contribution in [0.1, 0.15) is 19.8 Å². The first-order valence-corrected chi connectivity index (χ1v) is 10.4.